The second kappa shape index (κ2) is 7.16. The smallest absolute Gasteiger partial charge is 0.332 e. The second-order valence-electron chi connectivity index (χ2n) is 7.80. The number of anilines is 2. The van der Waals surface area contributed by atoms with Crippen molar-refractivity contribution in [2.45, 2.75) is 20.0 Å². The van der Waals surface area contributed by atoms with Crippen molar-refractivity contribution in [1.82, 2.24) is 18.7 Å². The van der Waals surface area contributed by atoms with Crippen LogP contribution in [0.1, 0.15) is 11.1 Å². The zero-order chi connectivity index (χ0) is 21.7. The number of benzene rings is 2. The van der Waals surface area contributed by atoms with Crippen LogP contribution in [-0.2, 0) is 20.1 Å². The van der Waals surface area contributed by atoms with Gasteiger partial charge in [0.2, 0.25) is 5.95 Å². The lowest BCUT2D eigenvalue weighted by Crippen LogP contribution is -2.40. The molecule has 1 aliphatic rings. The number of methoxy groups -OCH3 is 1. The van der Waals surface area contributed by atoms with Crippen LogP contribution in [0.3, 0.4) is 0 Å². The summed E-state index contributed by atoms with van der Waals surface area (Å²) in [5, 5.41) is 0. The molecule has 0 bridgehead atoms. The molecule has 158 valence electrons. The van der Waals surface area contributed by atoms with Crippen LogP contribution in [0.4, 0.5) is 11.6 Å². The average Bonchev–Trinajstić information content (AvgIpc) is 3.36. The summed E-state index contributed by atoms with van der Waals surface area (Å²) in [4.78, 5) is 33.1. The molecule has 1 aliphatic heterocycles. The van der Waals surface area contributed by atoms with Gasteiger partial charge in [0, 0.05) is 25.8 Å². The minimum Gasteiger partial charge on any atom is -0.497 e. The van der Waals surface area contributed by atoms with E-state index in [0.29, 0.717) is 30.2 Å². The summed E-state index contributed by atoms with van der Waals surface area (Å²) in [7, 11) is 3.29. The lowest BCUT2D eigenvalue weighted by molar-refractivity contribution is 0.415. The number of hydrogen-bond donors (Lipinski definition) is 0. The first-order valence-corrected chi connectivity index (χ1v) is 10.1. The maximum absolute atomic E-state index is 13.4. The Labute approximate surface area is 178 Å². The molecule has 8 heteroatoms. The predicted molar refractivity (Wildman–Crippen MR) is 120 cm³/mol. The first-order chi connectivity index (χ1) is 15.0. The molecule has 31 heavy (non-hydrogen) atoms. The van der Waals surface area contributed by atoms with E-state index in [-0.39, 0.29) is 17.8 Å². The number of aromatic nitrogens is 4. The van der Waals surface area contributed by atoms with Crippen molar-refractivity contribution < 1.29 is 4.74 Å². The van der Waals surface area contributed by atoms with Gasteiger partial charge in [-0.05, 0) is 36.8 Å². The summed E-state index contributed by atoms with van der Waals surface area (Å²) < 4.78 is 9.90. The van der Waals surface area contributed by atoms with Gasteiger partial charge in [-0.2, -0.15) is 4.98 Å². The molecule has 8 nitrogen and oxygen atoms in total. The third-order valence-corrected chi connectivity index (χ3v) is 5.85. The van der Waals surface area contributed by atoms with Gasteiger partial charge in [-0.25, -0.2) is 4.79 Å². The van der Waals surface area contributed by atoms with Crippen LogP contribution in [0, 0.1) is 6.92 Å². The molecular weight excluding hydrogens is 394 g/mol. The van der Waals surface area contributed by atoms with Crippen LogP contribution >= 0.6 is 0 Å². The van der Waals surface area contributed by atoms with Crippen molar-refractivity contribution in [3.05, 3.63) is 80.5 Å². The predicted octanol–water partition coefficient (Wildman–Crippen LogP) is 2.41. The zero-order valence-corrected chi connectivity index (χ0v) is 17.7. The van der Waals surface area contributed by atoms with E-state index in [1.807, 2.05) is 64.9 Å². The number of ether oxygens (including phenoxy) is 1. The van der Waals surface area contributed by atoms with Crippen molar-refractivity contribution in [2.24, 2.45) is 7.05 Å². The van der Waals surface area contributed by atoms with Gasteiger partial charge in [0.25, 0.3) is 5.56 Å². The van der Waals surface area contributed by atoms with E-state index in [2.05, 4.69) is 4.98 Å². The molecule has 0 atom stereocenters. The molecule has 0 saturated heterocycles. The molecule has 3 heterocycles. The highest BCUT2D eigenvalue weighted by atomic mass is 16.5. The third kappa shape index (κ3) is 3.02. The Morgan fingerprint density at radius 1 is 1.00 bits per heavy atom. The highest BCUT2D eigenvalue weighted by Crippen LogP contribution is 2.32. The topological polar surface area (TPSA) is 74.3 Å². The van der Waals surface area contributed by atoms with E-state index in [0.717, 1.165) is 22.6 Å². The number of rotatable bonds is 4. The highest BCUT2D eigenvalue weighted by Gasteiger charge is 2.28. The molecule has 0 unspecified atom stereocenters. The number of nitrogens with zero attached hydrogens (tertiary/aromatic N) is 5. The second-order valence-corrected chi connectivity index (χ2v) is 7.80. The van der Waals surface area contributed by atoms with Crippen molar-refractivity contribution in [3.63, 3.8) is 0 Å². The first kappa shape index (κ1) is 19.2. The third-order valence-electron chi connectivity index (χ3n) is 5.85. The molecule has 2 aromatic carbocycles. The molecule has 0 N–H and O–H groups in total. The lowest BCUT2D eigenvalue weighted by Gasteiger charge is -2.16. The van der Waals surface area contributed by atoms with E-state index in [9.17, 15) is 9.59 Å². The summed E-state index contributed by atoms with van der Waals surface area (Å²) in [6, 6.07) is 15.6. The average molecular weight is 417 g/mol. The quantitative estimate of drug-likeness (QED) is 0.510. The Morgan fingerprint density at radius 2 is 1.71 bits per heavy atom. The van der Waals surface area contributed by atoms with Crippen molar-refractivity contribution in [1.29, 1.82) is 0 Å². The normalized spacial score (nSPS) is 13.1. The van der Waals surface area contributed by atoms with Crippen molar-refractivity contribution in [2.75, 3.05) is 18.6 Å². The maximum Gasteiger partial charge on any atom is 0.332 e. The molecule has 4 aromatic rings. The molecule has 0 amide bonds. The van der Waals surface area contributed by atoms with Crippen molar-refractivity contribution in [3.8, 4) is 5.75 Å². The zero-order valence-electron chi connectivity index (χ0n) is 17.7. The van der Waals surface area contributed by atoms with Gasteiger partial charge in [0.15, 0.2) is 11.2 Å². The van der Waals surface area contributed by atoms with E-state index in [1.165, 1.54) is 9.13 Å². The minimum atomic E-state index is -0.370. The van der Waals surface area contributed by atoms with Crippen LogP contribution in [0.2, 0.25) is 0 Å². The minimum absolute atomic E-state index is 0.227. The highest BCUT2D eigenvalue weighted by molar-refractivity contribution is 5.77. The summed E-state index contributed by atoms with van der Waals surface area (Å²) in [5.41, 5.74) is 3.18. The van der Waals surface area contributed by atoms with E-state index in [1.54, 1.807) is 14.2 Å². The van der Waals surface area contributed by atoms with Crippen LogP contribution in [-0.4, -0.2) is 32.3 Å². The largest absolute Gasteiger partial charge is 0.497 e. The van der Waals surface area contributed by atoms with E-state index >= 15 is 0 Å². The Balaban J connectivity index is 1.63. The maximum atomic E-state index is 13.4. The molecule has 0 radical (unpaired) electrons. The monoisotopic (exact) mass is 417 g/mol. The Hall–Kier alpha value is -3.81. The molecule has 5 rings (SSSR count). The van der Waals surface area contributed by atoms with Crippen LogP contribution < -0.4 is 20.9 Å². The van der Waals surface area contributed by atoms with Crippen LogP contribution in [0.15, 0.2) is 58.1 Å². The van der Waals surface area contributed by atoms with Gasteiger partial charge >= 0.3 is 5.69 Å². The van der Waals surface area contributed by atoms with Gasteiger partial charge in [0.1, 0.15) is 5.75 Å². The van der Waals surface area contributed by atoms with Gasteiger partial charge in [-0.1, -0.05) is 29.8 Å². The van der Waals surface area contributed by atoms with Gasteiger partial charge in [-0.3, -0.25) is 13.9 Å². The fourth-order valence-electron chi connectivity index (χ4n) is 4.10. The molecule has 0 saturated carbocycles. The molecule has 0 aliphatic carbocycles. The van der Waals surface area contributed by atoms with Gasteiger partial charge < -0.3 is 14.2 Å². The Kier molecular flexibility index (Phi) is 4.43. The molecule has 0 spiro atoms. The van der Waals surface area contributed by atoms with Crippen molar-refractivity contribution >= 4 is 22.8 Å². The van der Waals surface area contributed by atoms with Gasteiger partial charge in [0.05, 0.1) is 13.7 Å². The Bertz CT molecular complexity index is 1400. The summed E-state index contributed by atoms with van der Waals surface area (Å²) >= 11 is 0. The number of hydrogen-bond acceptors (Lipinski definition) is 5. The molecule has 2 aromatic heterocycles. The van der Waals surface area contributed by atoms with E-state index < -0.39 is 0 Å². The summed E-state index contributed by atoms with van der Waals surface area (Å²) in [6.45, 7) is 3.55. The first-order valence-electron chi connectivity index (χ1n) is 10.1. The molecular formula is C23H23N5O3. The summed E-state index contributed by atoms with van der Waals surface area (Å²) in [6.07, 6.45) is 0. The van der Waals surface area contributed by atoms with Gasteiger partial charge in [-0.15, -0.1) is 0 Å². The Morgan fingerprint density at radius 3 is 2.39 bits per heavy atom. The number of fused-ring (bicyclic) bond motifs is 3. The summed E-state index contributed by atoms with van der Waals surface area (Å²) in [5.74, 6) is 1.44. The standard InChI is InChI=1S/C23H23N5O3/c1-15-4-6-16(7-5-15)14-28-21(29)19-20(25(2)23(28)30)24-22-26(12-13-27(19)22)17-8-10-18(31-3)11-9-17/h4-11H,12-14H2,1-3H3. The number of aryl methyl sites for hydroxylation is 2. The van der Waals surface area contributed by atoms with Crippen LogP contribution in [0.25, 0.3) is 11.2 Å². The SMILES string of the molecule is COc1ccc(N2CCn3c2nc2c3c(=O)n(Cc3ccc(C)cc3)c(=O)n2C)cc1. The van der Waals surface area contributed by atoms with E-state index in [4.69, 9.17) is 4.74 Å². The number of imidazole rings is 1. The fourth-order valence-corrected chi connectivity index (χ4v) is 4.10. The van der Waals surface area contributed by atoms with Crippen LogP contribution in [0.5, 0.6) is 5.75 Å². The molecule has 0 fully saturated rings. The lowest BCUT2D eigenvalue weighted by atomic mass is 10.1. The fraction of sp³-hybridized carbons (Fsp3) is 0.261.